The second-order valence-corrected chi connectivity index (χ2v) is 11.4. The fourth-order valence-electron chi connectivity index (χ4n) is 3.16. The van der Waals surface area contributed by atoms with Crippen molar-refractivity contribution in [2.75, 3.05) is 0 Å². The third-order valence-electron chi connectivity index (χ3n) is 4.00. The Morgan fingerprint density at radius 1 is 0.909 bits per heavy atom. The molecule has 1 nitrogen and oxygen atoms in total. The second-order valence-electron chi connectivity index (χ2n) is 7.02. The molecule has 115 valence electrons. The van der Waals surface area contributed by atoms with Crippen LogP contribution in [0.1, 0.15) is 20.8 Å². The number of rotatable bonds is 1. The Labute approximate surface area is 150 Å². The smallest absolute Gasteiger partial charge is 0.0820 e. The fourth-order valence-corrected chi connectivity index (χ4v) is 5.36. The van der Waals surface area contributed by atoms with E-state index in [1.807, 2.05) is 0 Å². The van der Waals surface area contributed by atoms with Crippen molar-refractivity contribution >= 4 is 67.6 Å². The Morgan fingerprint density at radius 3 is 2.14 bits per heavy atom. The lowest BCUT2D eigenvalue weighted by molar-refractivity contribution is 0.423. The minimum atomic E-state index is -0.561. The highest BCUT2D eigenvalue weighted by Crippen LogP contribution is 2.36. The normalized spacial score (nSPS) is 12.7. The molecule has 22 heavy (non-hydrogen) atoms. The van der Waals surface area contributed by atoms with Crippen molar-refractivity contribution in [2.45, 2.75) is 39.4 Å². The molecule has 0 aliphatic rings. The molecular formula is C18H20Br2NSi. The predicted molar refractivity (Wildman–Crippen MR) is 107 cm³/mol. The summed E-state index contributed by atoms with van der Waals surface area (Å²) in [6.45, 7) is 11.6. The molecule has 0 atom stereocenters. The van der Waals surface area contributed by atoms with Gasteiger partial charge in [0.1, 0.15) is 0 Å². The van der Waals surface area contributed by atoms with Gasteiger partial charge in [0.15, 0.2) is 0 Å². The van der Waals surface area contributed by atoms with Crippen LogP contribution in [0.4, 0.5) is 0 Å². The summed E-state index contributed by atoms with van der Waals surface area (Å²) >= 11 is 7.34. The summed E-state index contributed by atoms with van der Waals surface area (Å²) in [6.07, 6.45) is 0. The lowest BCUT2D eigenvalue weighted by Gasteiger charge is -2.26. The number of benzene rings is 2. The van der Waals surface area contributed by atoms with Gasteiger partial charge in [-0.2, -0.15) is 0 Å². The van der Waals surface area contributed by atoms with Crippen molar-refractivity contribution in [1.82, 2.24) is 4.57 Å². The molecule has 1 heterocycles. The SMILES string of the molecule is C[Si](C)c1cc(Br)cc2c3cc(Br)ccc3n(C(C)(C)C)c12. The highest BCUT2D eigenvalue weighted by Gasteiger charge is 2.24. The molecule has 3 aromatic rings. The Kier molecular flexibility index (Phi) is 4.07. The van der Waals surface area contributed by atoms with E-state index in [0.29, 0.717) is 0 Å². The van der Waals surface area contributed by atoms with Gasteiger partial charge in [-0.3, -0.25) is 0 Å². The molecule has 2 aromatic carbocycles. The Bertz CT molecular complexity index is 872. The largest absolute Gasteiger partial charge is 0.335 e. The zero-order valence-corrected chi connectivity index (χ0v) is 17.8. The lowest BCUT2D eigenvalue weighted by Crippen LogP contribution is -2.30. The number of aromatic nitrogens is 1. The summed E-state index contributed by atoms with van der Waals surface area (Å²) in [4.78, 5) is 0. The lowest BCUT2D eigenvalue weighted by atomic mass is 10.1. The summed E-state index contributed by atoms with van der Waals surface area (Å²) in [5, 5.41) is 4.17. The first kappa shape index (κ1) is 16.3. The van der Waals surface area contributed by atoms with Gasteiger partial charge in [0, 0.05) is 36.3 Å². The molecule has 0 aliphatic carbocycles. The fraction of sp³-hybridized carbons (Fsp3) is 0.333. The average Bonchev–Trinajstić information content (AvgIpc) is 2.71. The number of nitrogens with zero attached hydrogens (tertiary/aromatic N) is 1. The Morgan fingerprint density at radius 2 is 1.55 bits per heavy atom. The molecule has 1 radical (unpaired) electrons. The molecule has 0 aliphatic heterocycles. The van der Waals surface area contributed by atoms with Crippen molar-refractivity contribution in [3.63, 3.8) is 0 Å². The maximum absolute atomic E-state index is 3.71. The summed E-state index contributed by atoms with van der Waals surface area (Å²) in [7, 11) is -0.561. The van der Waals surface area contributed by atoms with Gasteiger partial charge in [-0.05, 0) is 56.3 Å². The van der Waals surface area contributed by atoms with Crippen LogP contribution in [0.25, 0.3) is 21.8 Å². The minimum absolute atomic E-state index is 0.0493. The van der Waals surface area contributed by atoms with Gasteiger partial charge in [-0.25, -0.2) is 0 Å². The summed E-state index contributed by atoms with van der Waals surface area (Å²) in [5.74, 6) is 0. The second kappa shape index (κ2) is 5.50. The summed E-state index contributed by atoms with van der Waals surface area (Å²) in [6, 6.07) is 11.2. The van der Waals surface area contributed by atoms with Crippen LogP contribution in [-0.4, -0.2) is 13.4 Å². The maximum Gasteiger partial charge on any atom is 0.0820 e. The van der Waals surface area contributed by atoms with Crippen molar-refractivity contribution in [3.05, 3.63) is 39.3 Å². The van der Waals surface area contributed by atoms with Gasteiger partial charge in [-0.15, -0.1) is 0 Å². The predicted octanol–water partition coefficient (Wildman–Crippen LogP) is 6.04. The van der Waals surface area contributed by atoms with E-state index in [9.17, 15) is 0 Å². The van der Waals surface area contributed by atoms with E-state index in [-0.39, 0.29) is 5.54 Å². The molecule has 0 N–H and O–H groups in total. The van der Waals surface area contributed by atoms with E-state index in [2.05, 4.69) is 101 Å². The Hall–Kier alpha value is -0.583. The van der Waals surface area contributed by atoms with Crippen molar-refractivity contribution in [2.24, 2.45) is 0 Å². The van der Waals surface area contributed by atoms with Crippen molar-refractivity contribution in [1.29, 1.82) is 0 Å². The van der Waals surface area contributed by atoms with Crippen LogP contribution in [0.2, 0.25) is 13.1 Å². The van der Waals surface area contributed by atoms with E-state index in [4.69, 9.17) is 0 Å². The standard InChI is InChI=1S/C18H20Br2NSi/c1-18(2,3)21-15-7-6-11(19)8-13(15)14-9-12(20)10-16(17(14)21)22(4)5/h6-10H,1-5H3. The first-order valence-corrected chi connectivity index (χ1v) is 11.5. The summed E-state index contributed by atoms with van der Waals surface area (Å²) < 4.78 is 4.82. The van der Waals surface area contributed by atoms with Crippen molar-refractivity contribution < 1.29 is 0 Å². The third-order valence-corrected chi connectivity index (χ3v) is 6.41. The molecule has 0 amide bonds. The molecule has 3 rings (SSSR count). The first-order chi connectivity index (χ1) is 10.2. The Balaban J connectivity index is 2.63. The van der Waals surface area contributed by atoms with Crippen LogP contribution < -0.4 is 5.19 Å². The van der Waals surface area contributed by atoms with Crippen LogP contribution in [0.3, 0.4) is 0 Å². The maximum atomic E-state index is 3.71. The molecule has 0 saturated heterocycles. The number of hydrogen-bond acceptors (Lipinski definition) is 0. The quantitative estimate of drug-likeness (QED) is 0.409. The molecule has 0 bridgehead atoms. The van der Waals surface area contributed by atoms with E-state index in [1.54, 1.807) is 0 Å². The molecule has 1 aromatic heterocycles. The zero-order chi connectivity index (χ0) is 16.2. The first-order valence-electron chi connectivity index (χ1n) is 7.44. The van der Waals surface area contributed by atoms with E-state index >= 15 is 0 Å². The molecule has 0 unspecified atom stereocenters. The molecule has 0 fully saturated rings. The number of fused-ring (bicyclic) bond motifs is 3. The number of hydrogen-bond donors (Lipinski definition) is 0. The van der Waals surface area contributed by atoms with Crippen LogP contribution in [-0.2, 0) is 5.54 Å². The highest BCUT2D eigenvalue weighted by molar-refractivity contribution is 9.10. The van der Waals surface area contributed by atoms with Crippen molar-refractivity contribution in [3.8, 4) is 0 Å². The minimum Gasteiger partial charge on any atom is -0.335 e. The zero-order valence-electron chi connectivity index (χ0n) is 13.6. The van der Waals surface area contributed by atoms with Gasteiger partial charge in [0.25, 0.3) is 0 Å². The van der Waals surface area contributed by atoms with Crippen LogP contribution in [0.5, 0.6) is 0 Å². The van der Waals surface area contributed by atoms with Gasteiger partial charge in [-0.1, -0.05) is 45.0 Å². The highest BCUT2D eigenvalue weighted by atomic mass is 79.9. The molecule has 4 heteroatoms. The summed E-state index contributed by atoms with van der Waals surface area (Å²) in [5.41, 5.74) is 2.77. The van der Waals surface area contributed by atoms with Gasteiger partial charge in [0.2, 0.25) is 0 Å². The number of halogens is 2. The van der Waals surface area contributed by atoms with Gasteiger partial charge >= 0.3 is 0 Å². The molecular weight excluding hydrogens is 418 g/mol. The molecule has 0 spiro atoms. The van der Waals surface area contributed by atoms with Gasteiger partial charge in [0.05, 0.1) is 8.80 Å². The van der Waals surface area contributed by atoms with E-state index in [0.717, 1.165) is 4.47 Å². The molecule has 0 saturated carbocycles. The third kappa shape index (κ3) is 2.59. The average molecular weight is 438 g/mol. The van der Waals surface area contributed by atoms with Crippen LogP contribution in [0, 0.1) is 0 Å². The monoisotopic (exact) mass is 436 g/mol. The van der Waals surface area contributed by atoms with Gasteiger partial charge < -0.3 is 4.57 Å². The van der Waals surface area contributed by atoms with E-state index in [1.165, 1.54) is 31.5 Å². The van der Waals surface area contributed by atoms with Crippen LogP contribution >= 0.6 is 31.9 Å². The topological polar surface area (TPSA) is 4.93 Å². The van der Waals surface area contributed by atoms with Crippen LogP contribution in [0.15, 0.2) is 39.3 Å². The van der Waals surface area contributed by atoms with E-state index < -0.39 is 8.80 Å².